The molecule has 5 nitrogen and oxygen atoms in total. The van der Waals surface area contributed by atoms with Crippen LogP contribution in [0.1, 0.15) is 17.4 Å². The molecule has 1 aromatic heterocycles. The van der Waals surface area contributed by atoms with Crippen LogP contribution in [0.4, 0.5) is 5.82 Å². The number of nitrogens with two attached hydrogens (primary N) is 1. The summed E-state index contributed by atoms with van der Waals surface area (Å²) in [5.41, 5.74) is 5.51. The maximum absolute atomic E-state index is 5.54. The number of rotatable bonds is 2. The third-order valence-corrected chi connectivity index (χ3v) is 3.09. The van der Waals surface area contributed by atoms with E-state index in [1.54, 1.807) is 0 Å². The lowest BCUT2D eigenvalue weighted by molar-refractivity contribution is -0.0436. The van der Waals surface area contributed by atoms with E-state index in [0.717, 1.165) is 22.0 Å². The van der Waals surface area contributed by atoms with E-state index in [9.17, 15) is 0 Å². The minimum atomic E-state index is -0.381. The van der Waals surface area contributed by atoms with Gasteiger partial charge in [-0.2, -0.15) is 0 Å². The molecule has 3 rings (SSSR count). The molecule has 18 heavy (non-hydrogen) atoms. The SMILES string of the molecule is Cc1cccc2cc(C3OCCO3)c(NN)nc12. The molecule has 2 aromatic rings. The molecule has 0 saturated carbocycles. The second kappa shape index (κ2) is 4.53. The molecule has 0 amide bonds. The minimum absolute atomic E-state index is 0.381. The fourth-order valence-corrected chi connectivity index (χ4v) is 2.20. The molecule has 3 N–H and O–H groups in total. The number of nitrogen functional groups attached to an aromatic ring is 1. The van der Waals surface area contributed by atoms with Gasteiger partial charge in [-0.1, -0.05) is 18.2 Å². The Morgan fingerprint density at radius 3 is 2.83 bits per heavy atom. The third kappa shape index (κ3) is 1.82. The van der Waals surface area contributed by atoms with Crippen LogP contribution < -0.4 is 11.3 Å². The van der Waals surface area contributed by atoms with Crippen molar-refractivity contribution in [3.05, 3.63) is 35.4 Å². The van der Waals surface area contributed by atoms with Crippen LogP contribution >= 0.6 is 0 Å². The van der Waals surface area contributed by atoms with Gasteiger partial charge in [0.25, 0.3) is 0 Å². The molecule has 1 saturated heterocycles. The van der Waals surface area contributed by atoms with Crippen molar-refractivity contribution in [1.29, 1.82) is 0 Å². The molecule has 1 fully saturated rings. The highest BCUT2D eigenvalue weighted by Gasteiger charge is 2.22. The molecular formula is C13H15N3O2. The summed E-state index contributed by atoms with van der Waals surface area (Å²) in [7, 11) is 0. The predicted molar refractivity (Wildman–Crippen MR) is 68.9 cm³/mol. The monoisotopic (exact) mass is 245 g/mol. The fraction of sp³-hybridized carbons (Fsp3) is 0.308. The Labute approximate surface area is 105 Å². The Morgan fingerprint density at radius 1 is 1.33 bits per heavy atom. The van der Waals surface area contributed by atoms with Crippen molar-refractivity contribution in [3.8, 4) is 0 Å². The number of pyridine rings is 1. The van der Waals surface area contributed by atoms with Crippen molar-refractivity contribution in [2.24, 2.45) is 5.84 Å². The number of para-hydroxylation sites is 1. The second-order valence-corrected chi connectivity index (χ2v) is 4.29. The van der Waals surface area contributed by atoms with Gasteiger partial charge in [0.05, 0.1) is 24.3 Å². The summed E-state index contributed by atoms with van der Waals surface area (Å²) in [6.07, 6.45) is -0.381. The van der Waals surface area contributed by atoms with Gasteiger partial charge in [0.15, 0.2) is 6.29 Å². The zero-order chi connectivity index (χ0) is 12.5. The highest BCUT2D eigenvalue weighted by atomic mass is 16.7. The Morgan fingerprint density at radius 2 is 2.11 bits per heavy atom. The molecular weight excluding hydrogens is 230 g/mol. The summed E-state index contributed by atoms with van der Waals surface area (Å²) >= 11 is 0. The summed E-state index contributed by atoms with van der Waals surface area (Å²) in [5.74, 6) is 6.14. The number of nitrogens with one attached hydrogen (secondary N) is 1. The number of nitrogens with zero attached hydrogens (tertiary/aromatic N) is 1. The van der Waals surface area contributed by atoms with Crippen molar-refractivity contribution < 1.29 is 9.47 Å². The number of hydrazine groups is 1. The molecule has 1 aliphatic rings. The predicted octanol–water partition coefficient (Wildman–Crippen LogP) is 1.87. The van der Waals surface area contributed by atoms with Gasteiger partial charge in [-0.05, 0) is 18.6 Å². The Hall–Kier alpha value is -1.69. The van der Waals surface area contributed by atoms with Crippen molar-refractivity contribution in [2.75, 3.05) is 18.6 Å². The molecule has 0 unspecified atom stereocenters. The molecule has 0 aliphatic carbocycles. The lowest BCUT2D eigenvalue weighted by Crippen LogP contribution is -2.13. The molecule has 0 bridgehead atoms. The number of aryl methyl sites for hydroxylation is 1. The molecule has 5 heteroatoms. The molecule has 1 aliphatic heterocycles. The first-order valence-electron chi connectivity index (χ1n) is 5.89. The van der Waals surface area contributed by atoms with Crippen molar-refractivity contribution in [1.82, 2.24) is 4.98 Å². The van der Waals surface area contributed by atoms with E-state index in [1.165, 1.54) is 0 Å². The van der Waals surface area contributed by atoms with Crippen LogP contribution in [0.25, 0.3) is 10.9 Å². The maximum Gasteiger partial charge on any atom is 0.187 e. The zero-order valence-electron chi connectivity index (χ0n) is 10.1. The first-order valence-corrected chi connectivity index (χ1v) is 5.89. The van der Waals surface area contributed by atoms with Gasteiger partial charge in [-0.25, -0.2) is 10.8 Å². The van der Waals surface area contributed by atoms with E-state index in [1.807, 2.05) is 31.2 Å². The van der Waals surface area contributed by atoms with Crippen LogP contribution in [-0.4, -0.2) is 18.2 Å². The van der Waals surface area contributed by atoms with Crippen LogP contribution in [-0.2, 0) is 9.47 Å². The number of anilines is 1. The highest BCUT2D eigenvalue weighted by Crippen LogP contribution is 2.31. The van der Waals surface area contributed by atoms with E-state index < -0.39 is 0 Å². The molecule has 0 spiro atoms. The molecule has 0 atom stereocenters. The average Bonchev–Trinajstić information content (AvgIpc) is 2.91. The van der Waals surface area contributed by atoms with Gasteiger partial charge in [0.1, 0.15) is 5.82 Å². The largest absolute Gasteiger partial charge is 0.346 e. The van der Waals surface area contributed by atoms with Crippen molar-refractivity contribution in [3.63, 3.8) is 0 Å². The Kier molecular flexibility index (Phi) is 2.87. The molecule has 1 aromatic carbocycles. The van der Waals surface area contributed by atoms with E-state index >= 15 is 0 Å². The van der Waals surface area contributed by atoms with E-state index in [2.05, 4.69) is 10.4 Å². The van der Waals surface area contributed by atoms with Gasteiger partial charge >= 0.3 is 0 Å². The third-order valence-electron chi connectivity index (χ3n) is 3.09. The topological polar surface area (TPSA) is 69.4 Å². The van der Waals surface area contributed by atoms with Crippen molar-refractivity contribution >= 4 is 16.7 Å². The number of ether oxygens (including phenoxy) is 2. The Balaban J connectivity index is 2.18. The van der Waals surface area contributed by atoms with Gasteiger partial charge < -0.3 is 14.9 Å². The quantitative estimate of drug-likeness (QED) is 0.624. The van der Waals surface area contributed by atoms with E-state index in [0.29, 0.717) is 19.0 Å². The standard InChI is InChI=1S/C13H15N3O2/c1-8-3-2-4-9-7-10(13-17-5-6-18-13)12(16-14)15-11(8)9/h2-4,7,13H,5-6,14H2,1H3,(H,15,16). The normalized spacial score (nSPS) is 16.3. The van der Waals surface area contributed by atoms with Crippen LogP contribution in [0, 0.1) is 6.92 Å². The summed E-state index contributed by atoms with van der Waals surface area (Å²) in [6, 6.07) is 8.07. The minimum Gasteiger partial charge on any atom is -0.346 e. The summed E-state index contributed by atoms with van der Waals surface area (Å²) in [6.45, 7) is 3.22. The van der Waals surface area contributed by atoms with Gasteiger partial charge in [-0.15, -0.1) is 0 Å². The number of benzene rings is 1. The lowest BCUT2D eigenvalue weighted by Gasteiger charge is -2.15. The van der Waals surface area contributed by atoms with Crippen molar-refractivity contribution in [2.45, 2.75) is 13.2 Å². The number of aromatic nitrogens is 1. The summed E-state index contributed by atoms with van der Waals surface area (Å²) in [4.78, 5) is 4.54. The first-order chi connectivity index (χ1) is 8.79. The zero-order valence-corrected chi connectivity index (χ0v) is 10.1. The number of hydrogen-bond donors (Lipinski definition) is 2. The van der Waals surface area contributed by atoms with E-state index in [-0.39, 0.29) is 6.29 Å². The summed E-state index contributed by atoms with van der Waals surface area (Å²) < 4.78 is 11.0. The molecule has 94 valence electrons. The van der Waals surface area contributed by atoms with Crippen LogP contribution in [0.2, 0.25) is 0 Å². The van der Waals surface area contributed by atoms with Gasteiger partial charge in [0, 0.05) is 5.39 Å². The van der Waals surface area contributed by atoms with Gasteiger partial charge in [-0.3, -0.25) is 0 Å². The van der Waals surface area contributed by atoms with Crippen LogP contribution in [0.5, 0.6) is 0 Å². The smallest absolute Gasteiger partial charge is 0.187 e. The summed E-state index contributed by atoms with van der Waals surface area (Å²) in [5, 5.41) is 1.06. The Bertz CT molecular complexity index is 580. The molecule has 0 radical (unpaired) electrons. The van der Waals surface area contributed by atoms with Crippen LogP contribution in [0.15, 0.2) is 24.3 Å². The highest BCUT2D eigenvalue weighted by molar-refractivity contribution is 5.84. The average molecular weight is 245 g/mol. The first kappa shape index (κ1) is 11.4. The van der Waals surface area contributed by atoms with Gasteiger partial charge in [0.2, 0.25) is 0 Å². The van der Waals surface area contributed by atoms with E-state index in [4.69, 9.17) is 15.3 Å². The number of hydrogen-bond acceptors (Lipinski definition) is 5. The fourth-order valence-electron chi connectivity index (χ4n) is 2.20. The lowest BCUT2D eigenvalue weighted by atomic mass is 10.1. The second-order valence-electron chi connectivity index (χ2n) is 4.29. The maximum atomic E-state index is 5.54. The number of fused-ring (bicyclic) bond motifs is 1. The van der Waals surface area contributed by atoms with Crippen LogP contribution in [0.3, 0.4) is 0 Å². The molecule has 2 heterocycles.